The van der Waals surface area contributed by atoms with E-state index in [-0.39, 0.29) is 17.9 Å². The molecule has 0 atom stereocenters. The van der Waals surface area contributed by atoms with Gasteiger partial charge in [-0.1, -0.05) is 6.42 Å². The molecule has 1 N–H and O–H groups in total. The number of hydrogen-bond donors (Lipinski definition) is 1. The van der Waals surface area contributed by atoms with Crippen molar-refractivity contribution in [3.8, 4) is 11.5 Å². The van der Waals surface area contributed by atoms with Crippen LogP contribution in [0.1, 0.15) is 62.4 Å². The lowest BCUT2D eigenvalue weighted by atomic mass is 10.1. The van der Waals surface area contributed by atoms with Crippen molar-refractivity contribution in [2.45, 2.75) is 52.0 Å². The summed E-state index contributed by atoms with van der Waals surface area (Å²) in [6, 6.07) is 5.48. The maximum atomic E-state index is 13.0. The summed E-state index contributed by atoms with van der Waals surface area (Å²) in [6.45, 7) is 6.04. The molecule has 2 amide bonds. The highest BCUT2D eigenvalue weighted by molar-refractivity contribution is 6.06. The van der Waals surface area contributed by atoms with Gasteiger partial charge in [0.15, 0.2) is 11.4 Å². The van der Waals surface area contributed by atoms with Crippen molar-refractivity contribution >= 4 is 22.8 Å². The van der Waals surface area contributed by atoms with Crippen LogP contribution in [-0.4, -0.2) is 51.1 Å². The van der Waals surface area contributed by atoms with E-state index in [2.05, 4.69) is 10.4 Å². The summed E-state index contributed by atoms with van der Waals surface area (Å²) in [5.74, 6) is 0.654. The minimum atomic E-state index is -0.175. The first-order valence-electron chi connectivity index (χ1n) is 11.0. The van der Waals surface area contributed by atoms with Gasteiger partial charge in [0.2, 0.25) is 5.91 Å². The highest BCUT2D eigenvalue weighted by Gasteiger charge is 2.20. The molecule has 1 saturated heterocycles. The zero-order valence-electron chi connectivity index (χ0n) is 18.1. The number of fused-ring (bicyclic) bond motifs is 1. The van der Waals surface area contributed by atoms with Crippen LogP contribution in [0, 0.1) is 0 Å². The lowest BCUT2D eigenvalue weighted by Gasteiger charge is -2.20. The molecule has 3 aromatic rings. The molecular formula is C23H29N5O3. The van der Waals surface area contributed by atoms with E-state index in [9.17, 15) is 9.59 Å². The van der Waals surface area contributed by atoms with Crippen LogP contribution in [-0.2, 0) is 4.79 Å². The second-order valence-electron chi connectivity index (χ2n) is 8.25. The first-order chi connectivity index (χ1) is 15.0. The van der Waals surface area contributed by atoms with E-state index in [4.69, 9.17) is 9.40 Å². The van der Waals surface area contributed by atoms with E-state index >= 15 is 0 Å². The average Bonchev–Trinajstić information content (AvgIpc) is 3.39. The Morgan fingerprint density at radius 3 is 2.94 bits per heavy atom. The SMILES string of the molecule is CC(C)n1ncc2c(C(=O)NCCCN3CCCCCC3=O)cc(-c3ccco3)nc21. The third kappa shape index (κ3) is 4.62. The minimum absolute atomic E-state index is 0.110. The van der Waals surface area contributed by atoms with E-state index in [0.29, 0.717) is 47.6 Å². The fourth-order valence-electron chi connectivity index (χ4n) is 3.98. The molecule has 0 radical (unpaired) electrons. The quantitative estimate of drug-likeness (QED) is 0.584. The van der Waals surface area contributed by atoms with Gasteiger partial charge in [0.1, 0.15) is 5.69 Å². The van der Waals surface area contributed by atoms with Gasteiger partial charge in [-0.25, -0.2) is 9.67 Å². The fraction of sp³-hybridized carbons (Fsp3) is 0.478. The number of nitrogens with zero attached hydrogens (tertiary/aromatic N) is 4. The van der Waals surface area contributed by atoms with Gasteiger partial charge in [-0.3, -0.25) is 9.59 Å². The Kier molecular flexibility index (Phi) is 6.34. The monoisotopic (exact) mass is 423 g/mol. The molecule has 0 aliphatic carbocycles. The number of hydrogen-bond acceptors (Lipinski definition) is 5. The molecule has 8 heteroatoms. The Labute approximate surface area is 181 Å². The Bertz CT molecular complexity index is 1050. The lowest BCUT2D eigenvalue weighted by molar-refractivity contribution is -0.130. The smallest absolute Gasteiger partial charge is 0.252 e. The van der Waals surface area contributed by atoms with E-state index in [1.165, 1.54) is 0 Å². The number of rotatable bonds is 7. The molecule has 1 fully saturated rings. The predicted molar refractivity (Wildman–Crippen MR) is 118 cm³/mol. The lowest BCUT2D eigenvalue weighted by Crippen LogP contribution is -2.34. The van der Waals surface area contributed by atoms with Crippen LogP contribution in [0.4, 0.5) is 0 Å². The minimum Gasteiger partial charge on any atom is -0.463 e. The third-order valence-corrected chi connectivity index (χ3v) is 5.64. The van der Waals surface area contributed by atoms with E-state index in [1.54, 1.807) is 24.6 Å². The van der Waals surface area contributed by atoms with Crippen molar-refractivity contribution in [2.24, 2.45) is 0 Å². The van der Waals surface area contributed by atoms with Gasteiger partial charge in [-0.2, -0.15) is 5.10 Å². The zero-order valence-corrected chi connectivity index (χ0v) is 18.1. The topological polar surface area (TPSA) is 93.3 Å². The van der Waals surface area contributed by atoms with Crippen molar-refractivity contribution in [1.29, 1.82) is 0 Å². The first kappa shape index (κ1) is 21.1. The largest absolute Gasteiger partial charge is 0.463 e. The van der Waals surface area contributed by atoms with Crippen LogP contribution in [0.2, 0.25) is 0 Å². The van der Waals surface area contributed by atoms with Crippen LogP contribution in [0.15, 0.2) is 35.1 Å². The first-order valence-corrected chi connectivity index (χ1v) is 11.0. The predicted octanol–water partition coefficient (Wildman–Crippen LogP) is 3.79. The van der Waals surface area contributed by atoms with Crippen molar-refractivity contribution in [3.63, 3.8) is 0 Å². The molecule has 8 nitrogen and oxygen atoms in total. The molecule has 31 heavy (non-hydrogen) atoms. The number of carbonyl (C=O) groups is 2. The number of aromatic nitrogens is 3. The molecule has 0 saturated carbocycles. The number of pyridine rings is 1. The zero-order chi connectivity index (χ0) is 21.8. The second-order valence-corrected chi connectivity index (χ2v) is 8.25. The van der Waals surface area contributed by atoms with Gasteiger partial charge < -0.3 is 14.6 Å². The summed E-state index contributed by atoms with van der Waals surface area (Å²) in [6.07, 6.45) is 7.79. The summed E-state index contributed by atoms with van der Waals surface area (Å²) in [5, 5.41) is 8.15. The summed E-state index contributed by atoms with van der Waals surface area (Å²) in [5.41, 5.74) is 1.78. The van der Waals surface area contributed by atoms with Crippen LogP contribution >= 0.6 is 0 Å². The Balaban J connectivity index is 1.50. The molecule has 0 aromatic carbocycles. The number of furan rings is 1. The molecule has 0 spiro atoms. The normalized spacial score (nSPS) is 14.9. The van der Waals surface area contributed by atoms with Gasteiger partial charge in [0.25, 0.3) is 5.91 Å². The summed E-state index contributed by atoms with van der Waals surface area (Å²) in [7, 11) is 0. The van der Waals surface area contributed by atoms with E-state index in [1.807, 2.05) is 29.5 Å². The van der Waals surface area contributed by atoms with Gasteiger partial charge in [0.05, 0.1) is 23.4 Å². The molecule has 1 aliphatic heterocycles. The van der Waals surface area contributed by atoms with Gasteiger partial charge in [-0.15, -0.1) is 0 Å². The summed E-state index contributed by atoms with van der Waals surface area (Å²) >= 11 is 0. The number of nitrogens with one attached hydrogen (secondary N) is 1. The Morgan fingerprint density at radius 1 is 1.29 bits per heavy atom. The van der Waals surface area contributed by atoms with Gasteiger partial charge >= 0.3 is 0 Å². The van der Waals surface area contributed by atoms with Crippen molar-refractivity contribution in [2.75, 3.05) is 19.6 Å². The van der Waals surface area contributed by atoms with Crippen molar-refractivity contribution < 1.29 is 14.0 Å². The molecule has 4 rings (SSSR count). The van der Waals surface area contributed by atoms with Crippen molar-refractivity contribution in [3.05, 3.63) is 36.2 Å². The maximum Gasteiger partial charge on any atom is 0.252 e. The molecule has 0 bridgehead atoms. The molecule has 3 aromatic heterocycles. The van der Waals surface area contributed by atoms with Crippen molar-refractivity contribution in [1.82, 2.24) is 25.0 Å². The van der Waals surface area contributed by atoms with Gasteiger partial charge in [-0.05, 0) is 51.3 Å². The molecule has 164 valence electrons. The van der Waals surface area contributed by atoms with Gasteiger partial charge in [0, 0.05) is 32.1 Å². The average molecular weight is 424 g/mol. The van der Waals surface area contributed by atoms with Crippen LogP contribution in [0.3, 0.4) is 0 Å². The van der Waals surface area contributed by atoms with Crippen LogP contribution < -0.4 is 5.32 Å². The maximum absolute atomic E-state index is 13.0. The Hall–Kier alpha value is -3.16. The fourth-order valence-corrected chi connectivity index (χ4v) is 3.98. The highest BCUT2D eigenvalue weighted by Crippen LogP contribution is 2.26. The summed E-state index contributed by atoms with van der Waals surface area (Å²) < 4.78 is 7.31. The molecule has 4 heterocycles. The standard InChI is InChI=1S/C23H29N5O3/c1-16(2)28-22-18(15-25-28)17(14-19(26-22)20-8-6-13-31-20)23(30)24-10-7-12-27-11-5-3-4-9-21(27)29/h6,8,13-16H,3-5,7,9-12H2,1-2H3,(H,24,30). The number of amides is 2. The molecule has 1 aliphatic rings. The molecular weight excluding hydrogens is 394 g/mol. The van der Waals surface area contributed by atoms with Crippen LogP contribution in [0.5, 0.6) is 0 Å². The highest BCUT2D eigenvalue weighted by atomic mass is 16.3. The summed E-state index contributed by atoms with van der Waals surface area (Å²) in [4.78, 5) is 31.8. The Morgan fingerprint density at radius 2 is 2.16 bits per heavy atom. The van der Waals surface area contributed by atoms with Crippen LogP contribution in [0.25, 0.3) is 22.5 Å². The van der Waals surface area contributed by atoms with E-state index < -0.39 is 0 Å². The number of likely N-dealkylation sites (tertiary alicyclic amines) is 1. The second kappa shape index (κ2) is 9.32. The van der Waals surface area contributed by atoms with E-state index in [0.717, 1.165) is 32.2 Å². The third-order valence-electron chi connectivity index (χ3n) is 5.64. The molecule has 0 unspecified atom stereocenters. The number of carbonyl (C=O) groups excluding carboxylic acids is 2.